The predicted molar refractivity (Wildman–Crippen MR) is 96.6 cm³/mol. The number of piperidine rings is 1. The lowest BCUT2D eigenvalue weighted by molar-refractivity contribution is -0.274. The zero-order chi connectivity index (χ0) is 21.2. The summed E-state index contributed by atoms with van der Waals surface area (Å²) in [5.74, 6) is -1.08. The quantitative estimate of drug-likeness (QED) is 0.810. The van der Waals surface area contributed by atoms with Crippen LogP contribution >= 0.6 is 0 Å². The number of ether oxygens (including phenoxy) is 1. The number of rotatable bonds is 4. The Morgan fingerprint density at radius 1 is 1.14 bits per heavy atom. The van der Waals surface area contributed by atoms with Gasteiger partial charge in [0, 0.05) is 38.0 Å². The molecule has 6 nitrogen and oxygen atoms in total. The van der Waals surface area contributed by atoms with Crippen molar-refractivity contribution < 1.29 is 32.6 Å². The maximum absolute atomic E-state index is 12.4. The summed E-state index contributed by atoms with van der Waals surface area (Å²) in [4.78, 5) is 26.3. The average Bonchev–Trinajstić information content (AvgIpc) is 2.54. The molecule has 1 aromatic rings. The molecule has 9 heteroatoms. The van der Waals surface area contributed by atoms with E-state index < -0.39 is 23.6 Å². The monoisotopic (exact) mass is 402 g/mol. The molecule has 1 aliphatic heterocycles. The van der Waals surface area contributed by atoms with Crippen LogP contribution in [0.1, 0.15) is 40.0 Å². The molecule has 0 radical (unpaired) electrons. The molecule has 0 aromatic heterocycles. The zero-order valence-electron chi connectivity index (χ0n) is 16.1. The number of hydrogen-bond donors (Lipinski definition) is 2. The van der Waals surface area contributed by atoms with Crippen LogP contribution in [0.5, 0.6) is 5.75 Å². The van der Waals surface area contributed by atoms with Crippen molar-refractivity contribution in [3.05, 3.63) is 24.3 Å². The highest BCUT2D eigenvalue weighted by Gasteiger charge is 2.40. The summed E-state index contributed by atoms with van der Waals surface area (Å²) in [6, 6.07) is 4.65. The van der Waals surface area contributed by atoms with Crippen LogP contribution in [0.2, 0.25) is 0 Å². The van der Waals surface area contributed by atoms with E-state index in [-0.39, 0.29) is 42.9 Å². The number of aliphatic hydroxyl groups is 1. The summed E-state index contributed by atoms with van der Waals surface area (Å²) in [7, 11) is 0. The lowest BCUT2D eigenvalue weighted by Gasteiger charge is -2.38. The molecule has 0 spiro atoms. The first-order valence-corrected chi connectivity index (χ1v) is 8.95. The van der Waals surface area contributed by atoms with Gasteiger partial charge in [0.2, 0.25) is 5.91 Å². The van der Waals surface area contributed by atoms with Crippen LogP contribution in [-0.4, -0.2) is 46.9 Å². The molecule has 1 saturated heterocycles. The van der Waals surface area contributed by atoms with Crippen LogP contribution < -0.4 is 10.1 Å². The number of amides is 2. The molecule has 0 unspecified atom stereocenters. The van der Waals surface area contributed by atoms with E-state index in [4.69, 9.17) is 0 Å². The smallest absolute Gasteiger partial charge is 0.406 e. The van der Waals surface area contributed by atoms with Gasteiger partial charge in [-0.05, 0) is 29.7 Å². The number of nitrogens with zero attached hydrogens (tertiary/aromatic N) is 1. The van der Waals surface area contributed by atoms with E-state index in [0.29, 0.717) is 6.42 Å². The molecule has 2 N–H and O–H groups in total. The Labute approximate surface area is 161 Å². The summed E-state index contributed by atoms with van der Waals surface area (Å²) in [6.45, 7) is 6.41. The molecule has 1 heterocycles. The van der Waals surface area contributed by atoms with Gasteiger partial charge < -0.3 is 20.1 Å². The maximum Gasteiger partial charge on any atom is 0.573 e. The van der Waals surface area contributed by atoms with E-state index in [0.717, 1.165) is 12.1 Å². The van der Waals surface area contributed by atoms with E-state index in [9.17, 15) is 27.9 Å². The van der Waals surface area contributed by atoms with Crippen molar-refractivity contribution in [2.24, 2.45) is 5.41 Å². The molecule has 156 valence electrons. The molecule has 0 bridgehead atoms. The minimum Gasteiger partial charge on any atom is -0.406 e. The molecule has 1 aromatic carbocycles. The number of carbonyl (C=O) groups is 2. The first kappa shape index (κ1) is 22.0. The second-order valence-electron chi connectivity index (χ2n) is 8.18. The Morgan fingerprint density at radius 3 is 2.14 bits per heavy atom. The summed E-state index contributed by atoms with van der Waals surface area (Å²) >= 11 is 0. The van der Waals surface area contributed by atoms with Gasteiger partial charge in [-0.15, -0.1) is 13.2 Å². The SMILES string of the molecule is CC(C)(C)CC(=O)N1CCC(O)(C(=O)Nc2ccc(OC(F)(F)F)cc2)CC1. The van der Waals surface area contributed by atoms with Crippen LogP contribution in [0.25, 0.3) is 0 Å². The van der Waals surface area contributed by atoms with Crippen molar-refractivity contribution in [3.63, 3.8) is 0 Å². The molecule has 2 amide bonds. The highest BCUT2D eigenvalue weighted by Crippen LogP contribution is 2.28. The summed E-state index contributed by atoms with van der Waals surface area (Å²) < 4.78 is 40.3. The molecule has 1 fully saturated rings. The number of benzene rings is 1. The van der Waals surface area contributed by atoms with Gasteiger partial charge >= 0.3 is 6.36 Å². The molecule has 2 rings (SSSR count). The third-order valence-corrected chi connectivity index (χ3v) is 4.39. The Bertz CT molecular complexity index is 703. The van der Waals surface area contributed by atoms with Crippen molar-refractivity contribution in [3.8, 4) is 5.75 Å². The Morgan fingerprint density at radius 2 is 1.68 bits per heavy atom. The van der Waals surface area contributed by atoms with E-state index in [1.54, 1.807) is 4.90 Å². The summed E-state index contributed by atoms with van der Waals surface area (Å²) in [5, 5.41) is 13.1. The zero-order valence-corrected chi connectivity index (χ0v) is 16.1. The number of alkyl halides is 3. The molecular weight excluding hydrogens is 377 g/mol. The van der Waals surface area contributed by atoms with Crippen LogP contribution in [-0.2, 0) is 9.59 Å². The number of likely N-dealkylation sites (tertiary alicyclic amines) is 1. The topological polar surface area (TPSA) is 78.9 Å². The molecule has 0 saturated carbocycles. The van der Waals surface area contributed by atoms with Crippen LogP contribution in [0.4, 0.5) is 18.9 Å². The third kappa shape index (κ3) is 6.40. The lowest BCUT2D eigenvalue weighted by Crippen LogP contribution is -2.53. The van der Waals surface area contributed by atoms with E-state index in [2.05, 4.69) is 10.1 Å². The van der Waals surface area contributed by atoms with Gasteiger partial charge in [-0.1, -0.05) is 20.8 Å². The van der Waals surface area contributed by atoms with E-state index >= 15 is 0 Å². The van der Waals surface area contributed by atoms with Crippen molar-refractivity contribution >= 4 is 17.5 Å². The fourth-order valence-corrected chi connectivity index (χ4v) is 2.91. The second-order valence-corrected chi connectivity index (χ2v) is 8.18. The standard InChI is InChI=1S/C19H25F3N2O4/c1-17(2,3)12-15(25)24-10-8-18(27,9-11-24)16(26)23-13-4-6-14(7-5-13)28-19(20,21)22/h4-7,27H,8-12H2,1-3H3,(H,23,26). The third-order valence-electron chi connectivity index (χ3n) is 4.39. The number of halogens is 3. The number of nitrogens with one attached hydrogen (secondary N) is 1. The van der Waals surface area contributed by atoms with Gasteiger partial charge in [0.05, 0.1) is 0 Å². The molecule has 1 aliphatic rings. The maximum atomic E-state index is 12.4. The number of hydrogen-bond acceptors (Lipinski definition) is 4. The normalized spacial score (nSPS) is 17.2. The van der Waals surface area contributed by atoms with Gasteiger partial charge in [-0.2, -0.15) is 0 Å². The van der Waals surface area contributed by atoms with Gasteiger partial charge in [-0.3, -0.25) is 9.59 Å². The van der Waals surface area contributed by atoms with Crippen molar-refractivity contribution in [2.75, 3.05) is 18.4 Å². The van der Waals surface area contributed by atoms with E-state index in [1.807, 2.05) is 20.8 Å². The highest BCUT2D eigenvalue weighted by molar-refractivity contribution is 5.97. The molecular formula is C19H25F3N2O4. The van der Waals surface area contributed by atoms with Crippen LogP contribution in [0.15, 0.2) is 24.3 Å². The minimum absolute atomic E-state index is 0.0183. The Kier molecular flexibility index (Phi) is 6.27. The van der Waals surface area contributed by atoms with E-state index in [1.165, 1.54) is 12.1 Å². The van der Waals surface area contributed by atoms with Crippen LogP contribution in [0.3, 0.4) is 0 Å². The first-order valence-electron chi connectivity index (χ1n) is 8.95. The van der Waals surface area contributed by atoms with Crippen molar-refractivity contribution in [2.45, 2.75) is 52.0 Å². The van der Waals surface area contributed by atoms with Gasteiger partial charge in [0.25, 0.3) is 5.91 Å². The van der Waals surface area contributed by atoms with Crippen molar-refractivity contribution in [1.82, 2.24) is 4.90 Å². The molecule has 0 aliphatic carbocycles. The second kappa shape index (κ2) is 7.98. The first-order chi connectivity index (χ1) is 12.8. The highest BCUT2D eigenvalue weighted by atomic mass is 19.4. The Hall–Kier alpha value is -2.29. The van der Waals surface area contributed by atoms with Gasteiger partial charge in [0.15, 0.2) is 0 Å². The summed E-state index contributed by atoms with van der Waals surface area (Å²) in [5.41, 5.74) is -1.55. The minimum atomic E-state index is -4.79. The summed E-state index contributed by atoms with van der Waals surface area (Å²) in [6.07, 6.45) is -4.24. The van der Waals surface area contributed by atoms with Gasteiger partial charge in [-0.25, -0.2) is 0 Å². The molecule has 28 heavy (non-hydrogen) atoms. The predicted octanol–water partition coefficient (Wildman–Crippen LogP) is 3.31. The number of carbonyl (C=O) groups excluding carboxylic acids is 2. The molecule has 0 atom stereocenters. The lowest BCUT2D eigenvalue weighted by atomic mass is 9.88. The fraction of sp³-hybridized carbons (Fsp3) is 0.579. The fourth-order valence-electron chi connectivity index (χ4n) is 2.91. The van der Waals surface area contributed by atoms with Gasteiger partial charge in [0.1, 0.15) is 11.4 Å². The van der Waals surface area contributed by atoms with Crippen molar-refractivity contribution in [1.29, 1.82) is 0 Å². The number of anilines is 1. The average molecular weight is 402 g/mol. The Balaban J connectivity index is 1.91. The van der Waals surface area contributed by atoms with Crippen LogP contribution in [0, 0.1) is 5.41 Å². The largest absolute Gasteiger partial charge is 0.573 e.